The van der Waals surface area contributed by atoms with Gasteiger partial charge in [0.1, 0.15) is 0 Å². The Labute approximate surface area is 98.3 Å². The van der Waals surface area contributed by atoms with Gasteiger partial charge in [0.05, 0.1) is 16.4 Å². The van der Waals surface area contributed by atoms with Gasteiger partial charge in [0.2, 0.25) is 0 Å². The molecule has 0 fully saturated rings. The predicted octanol–water partition coefficient (Wildman–Crippen LogP) is 2.30. The summed E-state index contributed by atoms with van der Waals surface area (Å²) in [5.74, 6) is -0.812. The molecule has 5 heteroatoms. The third kappa shape index (κ3) is 2.73. The number of halogens is 2. The van der Waals surface area contributed by atoms with Crippen LogP contribution in [-0.4, -0.2) is 12.8 Å². The average molecular weight is 243 g/mol. The van der Waals surface area contributed by atoms with Crippen LogP contribution in [0.1, 0.15) is 6.92 Å². The molecule has 0 aliphatic heterocycles. The van der Waals surface area contributed by atoms with Crippen LogP contribution in [-0.2, 0) is 4.79 Å². The average Bonchev–Trinajstić information content (AvgIpc) is 2.21. The number of ketones is 1. The van der Waals surface area contributed by atoms with Crippen LogP contribution >= 0.6 is 11.6 Å². The first-order valence-electron chi connectivity index (χ1n) is 4.58. The summed E-state index contributed by atoms with van der Waals surface area (Å²) in [6.07, 6.45) is 1.36. The molecule has 1 aromatic rings. The van der Waals surface area contributed by atoms with Crippen LogP contribution in [0.25, 0.3) is 0 Å². The number of carbonyl (C=O) groups excluding carboxylic acids is 1. The molecule has 3 nitrogen and oxygen atoms in total. The van der Waals surface area contributed by atoms with Gasteiger partial charge in [0.15, 0.2) is 11.6 Å². The summed E-state index contributed by atoms with van der Waals surface area (Å²) in [5, 5.41) is 0.0270. The zero-order valence-electron chi connectivity index (χ0n) is 9.00. The van der Waals surface area contributed by atoms with Crippen molar-refractivity contribution in [3.8, 4) is 0 Å². The van der Waals surface area contributed by atoms with Crippen molar-refractivity contribution in [3.05, 3.63) is 40.9 Å². The van der Waals surface area contributed by atoms with Gasteiger partial charge in [0.25, 0.3) is 0 Å². The molecule has 0 aliphatic carbocycles. The second-order valence-electron chi connectivity index (χ2n) is 3.32. The quantitative estimate of drug-likeness (QED) is 0.828. The lowest BCUT2D eigenvalue weighted by atomic mass is 10.2. The topological polar surface area (TPSA) is 46.3 Å². The van der Waals surface area contributed by atoms with Gasteiger partial charge in [-0.05, 0) is 12.1 Å². The maximum absolute atomic E-state index is 13.6. The van der Waals surface area contributed by atoms with Crippen molar-refractivity contribution in [2.75, 3.05) is 11.9 Å². The second-order valence-corrected chi connectivity index (χ2v) is 3.73. The SMILES string of the molecule is CC(=O)/C(N)=C/N(C)c1cccc(Cl)c1F. The Morgan fingerprint density at radius 3 is 2.75 bits per heavy atom. The molecule has 0 heterocycles. The van der Waals surface area contributed by atoms with Gasteiger partial charge >= 0.3 is 0 Å². The fourth-order valence-electron chi connectivity index (χ4n) is 1.13. The molecule has 16 heavy (non-hydrogen) atoms. The summed E-state index contributed by atoms with van der Waals surface area (Å²) < 4.78 is 13.6. The summed E-state index contributed by atoms with van der Waals surface area (Å²) in [7, 11) is 1.59. The molecule has 0 aromatic heterocycles. The number of allylic oxidation sites excluding steroid dienone is 1. The first-order chi connectivity index (χ1) is 7.43. The Morgan fingerprint density at radius 1 is 1.56 bits per heavy atom. The Morgan fingerprint density at radius 2 is 2.19 bits per heavy atom. The van der Waals surface area contributed by atoms with E-state index in [-0.39, 0.29) is 22.2 Å². The molecule has 0 spiro atoms. The van der Waals surface area contributed by atoms with E-state index in [4.69, 9.17) is 17.3 Å². The normalized spacial score (nSPS) is 11.4. The molecule has 0 atom stereocenters. The highest BCUT2D eigenvalue weighted by molar-refractivity contribution is 6.31. The highest BCUT2D eigenvalue weighted by Crippen LogP contribution is 2.24. The Bertz CT molecular complexity index is 446. The lowest BCUT2D eigenvalue weighted by Crippen LogP contribution is -2.17. The minimum absolute atomic E-state index is 0.0270. The van der Waals surface area contributed by atoms with Crippen LogP contribution in [0.3, 0.4) is 0 Å². The maximum atomic E-state index is 13.6. The molecule has 2 N–H and O–H groups in total. The van der Waals surface area contributed by atoms with Gasteiger partial charge in [-0.25, -0.2) is 4.39 Å². The summed E-state index contributed by atoms with van der Waals surface area (Å²) in [4.78, 5) is 12.3. The van der Waals surface area contributed by atoms with Crippen LogP contribution in [0.5, 0.6) is 0 Å². The van der Waals surface area contributed by atoms with E-state index in [2.05, 4.69) is 0 Å². The Kier molecular flexibility index (Phi) is 3.90. The maximum Gasteiger partial charge on any atom is 0.176 e. The molecule has 0 saturated carbocycles. The molecular formula is C11H12ClFN2O. The van der Waals surface area contributed by atoms with E-state index < -0.39 is 5.82 Å². The van der Waals surface area contributed by atoms with E-state index in [1.54, 1.807) is 19.2 Å². The molecule has 0 radical (unpaired) electrons. The molecule has 1 rings (SSSR count). The van der Waals surface area contributed by atoms with Gasteiger partial charge in [0, 0.05) is 20.2 Å². The zero-order chi connectivity index (χ0) is 12.3. The predicted molar refractivity (Wildman–Crippen MR) is 62.8 cm³/mol. The number of carbonyl (C=O) groups is 1. The third-order valence-electron chi connectivity index (χ3n) is 2.05. The van der Waals surface area contributed by atoms with Crippen molar-refractivity contribution in [2.45, 2.75) is 6.92 Å². The van der Waals surface area contributed by atoms with E-state index in [9.17, 15) is 9.18 Å². The Balaban J connectivity index is 3.06. The number of hydrogen-bond donors (Lipinski definition) is 1. The summed E-state index contributed by atoms with van der Waals surface area (Å²) >= 11 is 5.64. The van der Waals surface area contributed by atoms with Crippen LogP contribution < -0.4 is 10.6 Å². The molecular weight excluding hydrogens is 231 g/mol. The van der Waals surface area contributed by atoms with Crippen LogP contribution in [0.4, 0.5) is 10.1 Å². The fraction of sp³-hybridized carbons (Fsp3) is 0.182. The number of anilines is 1. The number of hydrogen-bond acceptors (Lipinski definition) is 3. The monoisotopic (exact) mass is 242 g/mol. The lowest BCUT2D eigenvalue weighted by Gasteiger charge is -2.16. The largest absolute Gasteiger partial charge is 0.395 e. The van der Waals surface area contributed by atoms with Crippen molar-refractivity contribution in [1.29, 1.82) is 0 Å². The van der Waals surface area contributed by atoms with E-state index in [0.29, 0.717) is 0 Å². The summed E-state index contributed by atoms with van der Waals surface area (Å²) in [6, 6.07) is 4.62. The van der Waals surface area contributed by atoms with Gasteiger partial charge < -0.3 is 10.6 Å². The third-order valence-corrected chi connectivity index (χ3v) is 2.34. The van der Waals surface area contributed by atoms with Crippen molar-refractivity contribution in [3.63, 3.8) is 0 Å². The van der Waals surface area contributed by atoms with Crippen LogP contribution in [0.2, 0.25) is 5.02 Å². The van der Waals surface area contributed by atoms with E-state index >= 15 is 0 Å². The second kappa shape index (κ2) is 4.99. The van der Waals surface area contributed by atoms with Gasteiger partial charge in [-0.3, -0.25) is 4.79 Å². The molecule has 1 aromatic carbocycles. The van der Waals surface area contributed by atoms with Gasteiger partial charge in [-0.2, -0.15) is 0 Å². The zero-order valence-corrected chi connectivity index (χ0v) is 9.75. The van der Waals surface area contributed by atoms with Gasteiger partial charge in [-0.1, -0.05) is 17.7 Å². The van der Waals surface area contributed by atoms with E-state index in [1.807, 2.05) is 0 Å². The molecule has 0 saturated heterocycles. The van der Waals surface area contributed by atoms with Crippen molar-refractivity contribution >= 4 is 23.1 Å². The van der Waals surface area contributed by atoms with E-state index in [1.165, 1.54) is 24.1 Å². The number of Topliss-reactive ketones (excluding diaryl/α,β-unsaturated/α-hetero) is 1. The molecule has 0 aliphatic rings. The minimum atomic E-state index is -0.542. The van der Waals surface area contributed by atoms with Crippen molar-refractivity contribution in [2.24, 2.45) is 5.73 Å². The minimum Gasteiger partial charge on any atom is -0.395 e. The number of benzene rings is 1. The molecule has 0 unspecified atom stereocenters. The molecule has 86 valence electrons. The smallest absolute Gasteiger partial charge is 0.176 e. The summed E-state index contributed by atoms with van der Waals surface area (Å²) in [6.45, 7) is 1.34. The molecule has 0 bridgehead atoms. The van der Waals surface area contributed by atoms with Crippen LogP contribution in [0.15, 0.2) is 30.1 Å². The number of nitrogens with zero attached hydrogens (tertiary/aromatic N) is 1. The van der Waals surface area contributed by atoms with E-state index in [0.717, 1.165) is 0 Å². The standard InChI is InChI=1S/C11H12ClFN2O/c1-7(16)9(14)6-15(2)10-5-3-4-8(12)11(10)13/h3-6H,14H2,1-2H3/b9-6-. The number of nitrogens with two attached hydrogens (primary N) is 1. The first-order valence-corrected chi connectivity index (χ1v) is 4.96. The van der Waals surface area contributed by atoms with Crippen molar-refractivity contribution < 1.29 is 9.18 Å². The Hall–Kier alpha value is -1.55. The lowest BCUT2D eigenvalue weighted by molar-refractivity contribution is -0.113. The number of rotatable bonds is 3. The molecule has 0 amide bonds. The van der Waals surface area contributed by atoms with Crippen LogP contribution in [0, 0.1) is 5.82 Å². The summed E-state index contributed by atoms with van der Waals surface area (Å²) in [5.41, 5.74) is 5.78. The van der Waals surface area contributed by atoms with Gasteiger partial charge in [-0.15, -0.1) is 0 Å². The first kappa shape index (κ1) is 12.5. The van der Waals surface area contributed by atoms with Crippen molar-refractivity contribution in [1.82, 2.24) is 0 Å². The fourth-order valence-corrected chi connectivity index (χ4v) is 1.30. The highest BCUT2D eigenvalue weighted by atomic mass is 35.5. The highest BCUT2D eigenvalue weighted by Gasteiger charge is 2.09.